The molecule has 16 heteroatoms. The molecule has 11 nitrogen and oxygen atoms in total. The van der Waals surface area contributed by atoms with Gasteiger partial charge in [-0.25, -0.2) is 0 Å². The Labute approximate surface area is 264 Å². The van der Waals surface area contributed by atoms with Crippen molar-refractivity contribution in [3.05, 3.63) is 104 Å². The van der Waals surface area contributed by atoms with Crippen LogP contribution in [0.4, 0.5) is 5.82 Å². The summed E-state index contributed by atoms with van der Waals surface area (Å²) in [5.41, 5.74) is 12.2. The van der Waals surface area contributed by atoms with Gasteiger partial charge in [-0.05, 0) is 0 Å². The summed E-state index contributed by atoms with van der Waals surface area (Å²) >= 11 is 0. The van der Waals surface area contributed by atoms with Crippen LogP contribution in [0.5, 0.6) is 0 Å². The average molecular weight is 591 g/mol. The Kier molecular flexibility index (Phi) is 8.55. The van der Waals surface area contributed by atoms with Gasteiger partial charge >= 0.3 is 265 Å². The molecule has 1 amide bonds. The van der Waals surface area contributed by atoms with Gasteiger partial charge in [0.1, 0.15) is 0 Å². The van der Waals surface area contributed by atoms with Crippen molar-refractivity contribution in [1.29, 1.82) is 0 Å². The number of nitrogen functional groups attached to an aromatic ring is 1. The molecule has 5 rings (SSSR count). The van der Waals surface area contributed by atoms with Crippen LogP contribution in [0.1, 0.15) is 47.3 Å². The van der Waals surface area contributed by atoms with Crippen LogP contribution in [0.2, 0.25) is 0 Å². The van der Waals surface area contributed by atoms with Crippen molar-refractivity contribution in [3.8, 4) is 11.8 Å². The fourth-order valence-electron chi connectivity index (χ4n) is 5.01. The van der Waals surface area contributed by atoms with Crippen LogP contribution in [0.25, 0.3) is 16.6 Å². The first-order chi connectivity index (χ1) is 21.4. The first-order valence-electron chi connectivity index (χ1n) is 14.4. The van der Waals surface area contributed by atoms with E-state index in [0.29, 0.717) is 39.2 Å². The van der Waals surface area contributed by atoms with Crippen molar-refractivity contribution in [2.75, 3.05) is 5.73 Å². The van der Waals surface area contributed by atoms with Crippen LogP contribution in [0.15, 0.2) is 75.6 Å². The van der Waals surface area contributed by atoms with E-state index in [1.165, 1.54) is 9.08 Å². The molecule has 0 bridgehead atoms. The van der Waals surface area contributed by atoms with Gasteiger partial charge in [-0.2, -0.15) is 0 Å². The van der Waals surface area contributed by atoms with Gasteiger partial charge in [0.15, 0.2) is 0 Å². The Morgan fingerprint density at radius 2 is 1.80 bits per heavy atom. The molecule has 5 aromatic rings. The number of benzene rings is 1. The minimum atomic E-state index is -0.745. The molecule has 0 fully saturated rings. The van der Waals surface area contributed by atoms with Crippen LogP contribution >= 0.6 is 0 Å². The fourth-order valence-corrected chi connectivity index (χ4v) is 5.01. The second-order valence-corrected chi connectivity index (χ2v) is 11.1. The summed E-state index contributed by atoms with van der Waals surface area (Å²) in [4.78, 5) is 37.3. The molecule has 0 aliphatic carbocycles. The van der Waals surface area contributed by atoms with Gasteiger partial charge in [0, 0.05) is 0 Å². The fraction of sp³-hybridized carbons (Fsp3) is 0.138. The molecular formula is C29H30B5N9O2. The first kappa shape index (κ1) is 31.1. The van der Waals surface area contributed by atoms with E-state index in [9.17, 15) is 9.59 Å². The third-order valence-electron chi connectivity index (χ3n) is 7.92. The minimum absolute atomic E-state index is 0.0365. The van der Waals surface area contributed by atoms with Gasteiger partial charge in [-0.15, -0.1) is 0 Å². The number of nitrogens with one attached hydrogen (secondary N) is 1. The number of hydrogen-bond donors (Lipinski definition) is 2. The number of nitrogens with zero attached hydrogens (tertiary/aromatic N) is 7. The average Bonchev–Trinajstić information content (AvgIpc) is 3.59. The molecule has 0 aliphatic rings. The number of aromatic nitrogens is 7. The Morgan fingerprint density at radius 3 is 2.49 bits per heavy atom. The van der Waals surface area contributed by atoms with E-state index in [1.807, 2.05) is 45.4 Å². The Bertz CT molecular complexity index is 2220. The number of allylic oxidation sites excluding steroid dienone is 4. The van der Waals surface area contributed by atoms with E-state index in [1.54, 1.807) is 60.5 Å². The van der Waals surface area contributed by atoms with E-state index in [0.717, 1.165) is 21.9 Å². The van der Waals surface area contributed by atoms with E-state index in [2.05, 4.69) is 39.8 Å². The summed E-state index contributed by atoms with van der Waals surface area (Å²) in [6, 6.07) is 8.07. The summed E-state index contributed by atoms with van der Waals surface area (Å²) in [6.45, 7) is 3.79. The number of carbonyl (C=O) groups excluding carboxylic acids is 1. The number of aryl methyl sites for hydroxylation is 1. The SMILES string of the molecule is B=C(/C(B)=C(B)\C(B)=C(\B)C)n1c([C@@H](C)NC(=O)c2c(N)nn3cccnc23)nc2cccc(C#Cc3ccn(C)n3)c2c1=O. The number of carbonyl (C=O) groups is 1. The van der Waals surface area contributed by atoms with Crippen molar-refractivity contribution in [3.63, 3.8) is 0 Å². The molecule has 1 aromatic carbocycles. The molecule has 0 radical (unpaired) electrons. The van der Waals surface area contributed by atoms with Crippen molar-refractivity contribution in [2.24, 2.45) is 7.05 Å². The standard InChI is InChI=1S/C29H30B5N9O2/c1-14(30)21(31)22(32)23(33)24(34)43-26(15(2)37-28(44)20-25(35)40-42-12-5-11-36-27(20)42)38-18-7-4-6-16(19(18)29(43)45)8-9-17-10-13-41(3)39-17/h4-7,10-13,15,34H,30-33H2,1-3H3,(H2,35,40)(H,37,44)/b21-14-,23-22-/t15-/m1/s1. The zero-order valence-corrected chi connectivity index (χ0v) is 26.4. The maximum absolute atomic E-state index is 14.5. The number of rotatable bonds is 6. The predicted octanol–water partition coefficient (Wildman–Crippen LogP) is -2.50. The monoisotopic (exact) mass is 591 g/mol. The summed E-state index contributed by atoms with van der Waals surface area (Å²) < 4.78 is 4.57. The molecule has 0 saturated carbocycles. The molecule has 0 aliphatic heterocycles. The normalized spacial score (nSPS) is 13.0. The second-order valence-electron chi connectivity index (χ2n) is 11.1. The summed E-state index contributed by atoms with van der Waals surface area (Å²) in [5.74, 6) is 5.98. The molecular weight excluding hydrogens is 560 g/mol. The van der Waals surface area contributed by atoms with E-state index < -0.39 is 11.9 Å². The molecule has 45 heavy (non-hydrogen) atoms. The topological polar surface area (TPSA) is 138 Å². The first-order valence-corrected chi connectivity index (χ1v) is 14.4. The summed E-state index contributed by atoms with van der Waals surface area (Å²) in [6.07, 6.45) is 5.02. The van der Waals surface area contributed by atoms with Crippen LogP contribution in [0, 0.1) is 11.8 Å². The predicted molar refractivity (Wildman–Crippen MR) is 190 cm³/mol. The van der Waals surface area contributed by atoms with Crippen LogP contribution < -0.4 is 16.6 Å². The third-order valence-corrected chi connectivity index (χ3v) is 7.92. The molecule has 3 N–H and O–H groups in total. The second kappa shape index (κ2) is 12.4. The molecule has 218 valence electrons. The third kappa shape index (κ3) is 5.94. The molecule has 0 unspecified atom stereocenters. The van der Waals surface area contributed by atoms with Gasteiger partial charge in [-0.1, -0.05) is 0 Å². The molecule has 0 spiro atoms. The van der Waals surface area contributed by atoms with Crippen molar-refractivity contribution in [1.82, 2.24) is 39.2 Å². The van der Waals surface area contributed by atoms with Gasteiger partial charge in [0.25, 0.3) is 0 Å². The Hall–Kier alpha value is -5.31. The van der Waals surface area contributed by atoms with Crippen LogP contribution in [-0.4, -0.2) is 84.3 Å². The molecule has 4 heterocycles. The van der Waals surface area contributed by atoms with Crippen molar-refractivity contribution < 1.29 is 4.79 Å². The van der Waals surface area contributed by atoms with Crippen molar-refractivity contribution >= 4 is 72.7 Å². The van der Waals surface area contributed by atoms with Gasteiger partial charge < -0.3 is 0 Å². The van der Waals surface area contributed by atoms with Crippen molar-refractivity contribution in [2.45, 2.75) is 19.9 Å². The van der Waals surface area contributed by atoms with E-state index in [-0.39, 0.29) is 16.9 Å². The number of hydrogen-bond acceptors (Lipinski definition) is 7. The number of nitrogens with two attached hydrogens (primary N) is 1. The van der Waals surface area contributed by atoms with E-state index >= 15 is 0 Å². The van der Waals surface area contributed by atoms with E-state index in [4.69, 9.17) is 10.7 Å². The van der Waals surface area contributed by atoms with Gasteiger partial charge in [-0.3, -0.25) is 0 Å². The Morgan fingerprint density at radius 1 is 1.04 bits per heavy atom. The Balaban J connectivity index is 1.69. The summed E-state index contributed by atoms with van der Waals surface area (Å²) in [5, 5.41) is 11.8. The molecule has 0 saturated heterocycles. The molecule has 1 atom stereocenters. The molecule has 4 aromatic heterocycles. The maximum atomic E-state index is 14.5. The zero-order chi connectivity index (χ0) is 32.6. The number of anilines is 1. The quantitative estimate of drug-likeness (QED) is 0.127. The zero-order valence-electron chi connectivity index (χ0n) is 26.4. The summed E-state index contributed by atoms with van der Waals surface area (Å²) in [7, 11) is 14.2. The van der Waals surface area contributed by atoms with Crippen LogP contribution in [-0.2, 0) is 7.05 Å². The van der Waals surface area contributed by atoms with Gasteiger partial charge in [0.05, 0.1) is 0 Å². The van der Waals surface area contributed by atoms with Crippen LogP contribution in [0.3, 0.4) is 0 Å². The number of fused-ring (bicyclic) bond motifs is 2. The van der Waals surface area contributed by atoms with Gasteiger partial charge in [0.2, 0.25) is 0 Å². The number of amides is 1.